The molecule has 0 radical (unpaired) electrons. The zero-order valence-electron chi connectivity index (χ0n) is 21.0. The predicted molar refractivity (Wildman–Crippen MR) is 137 cm³/mol. The fourth-order valence-corrected chi connectivity index (χ4v) is 3.62. The molecule has 0 saturated carbocycles. The molecule has 0 atom stereocenters. The maximum Gasteiger partial charge on any atom is 0.338 e. The lowest BCUT2D eigenvalue weighted by atomic mass is 10.1. The van der Waals surface area contributed by atoms with E-state index in [1.807, 2.05) is 36.4 Å². The lowest BCUT2D eigenvalue weighted by molar-refractivity contribution is 0.0598. The van der Waals surface area contributed by atoms with Crippen LogP contribution < -0.4 is 14.2 Å². The second kappa shape index (κ2) is 13.8. The molecular formula is C29H32O7. The van der Waals surface area contributed by atoms with Gasteiger partial charge in [-0.05, 0) is 79.3 Å². The van der Waals surface area contributed by atoms with Gasteiger partial charge in [-0.3, -0.25) is 0 Å². The van der Waals surface area contributed by atoms with Crippen molar-refractivity contribution in [1.29, 1.82) is 0 Å². The van der Waals surface area contributed by atoms with Crippen LogP contribution in [0, 0.1) is 0 Å². The fraction of sp³-hybridized carbons (Fsp3) is 0.310. The molecular weight excluding hydrogens is 460 g/mol. The highest BCUT2D eigenvalue weighted by atomic mass is 16.5. The van der Waals surface area contributed by atoms with Crippen molar-refractivity contribution >= 4 is 11.9 Å². The van der Waals surface area contributed by atoms with Crippen molar-refractivity contribution in [3.05, 3.63) is 77.9 Å². The normalized spacial score (nSPS) is 10.4. The van der Waals surface area contributed by atoms with Gasteiger partial charge in [-0.1, -0.05) is 24.3 Å². The van der Waals surface area contributed by atoms with Gasteiger partial charge in [-0.25, -0.2) is 9.59 Å². The Bertz CT molecular complexity index is 1090. The zero-order chi connectivity index (χ0) is 25.8. The van der Waals surface area contributed by atoms with Crippen LogP contribution in [0.1, 0.15) is 46.4 Å². The van der Waals surface area contributed by atoms with Gasteiger partial charge in [-0.2, -0.15) is 0 Å². The molecule has 0 N–H and O–H groups in total. The highest BCUT2D eigenvalue weighted by Crippen LogP contribution is 2.25. The first-order valence-corrected chi connectivity index (χ1v) is 11.9. The Morgan fingerprint density at radius 1 is 0.556 bits per heavy atom. The van der Waals surface area contributed by atoms with Crippen LogP contribution in [0.5, 0.6) is 17.2 Å². The fourth-order valence-electron chi connectivity index (χ4n) is 3.62. The minimum Gasteiger partial charge on any atom is -0.497 e. The summed E-state index contributed by atoms with van der Waals surface area (Å²) in [6.45, 7) is 1.12. The third-order valence-corrected chi connectivity index (χ3v) is 5.60. The Morgan fingerprint density at radius 3 is 1.44 bits per heavy atom. The van der Waals surface area contributed by atoms with E-state index in [1.54, 1.807) is 19.2 Å². The first-order chi connectivity index (χ1) is 17.5. The van der Waals surface area contributed by atoms with Crippen LogP contribution in [-0.4, -0.2) is 46.5 Å². The Labute approximate surface area is 211 Å². The maximum absolute atomic E-state index is 11.9. The molecule has 3 aromatic carbocycles. The summed E-state index contributed by atoms with van der Waals surface area (Å²) in [4.78, 5) is 23.7. The van der Waals surface area contributed by atoms with Gasteiger partial charge in [0.25, 0.3) is 0 Å². The molecule has 0 aromatic heterocycles. The minimum absolute atomic E-state index is 0.240. The minimum atomic E-state index is -0.541. The van der Waals surface area contributed by atoms with Gasteiger partial charge in [-0.15, -0.1) is 0 Å². The van der Waals surface area contributed by atoms with Crippen molar-refractivity contribution in [3.63, 3.8) is 0 Å². The molecule has 0 heterocycles. The monoisotopic (exact) mass is 492 g/mol. The van der Waals surface area contributed by atoms with Crippen LogP contribution in [0.25, 0.3) is 11.1 Å². The van der Waals surface area contributed by atoms with Gasteiger partial charge < -0.3 is 23.7 Å². The molecule has 190 valence electrons. The van der Waals surface area contributed by atoms with Gasteiger partial charge in [0.15, 0.2) is 0 Å². The summed E-state index contributed by atoms with van der Waals surface area (Å²) in [6, 6.07) is 20.6. The van der Waals surface area contributed by atoms with Gasteiger partial charge in [0.2, 0.25) is 0 Å². The molecule has 0 spiro atoms. The number of carbonyl (C=O) groups excluding carboxylic acids is 2. The summed E-state index contributed by atoms with van der Waals surface area (Å²) >= 11 is 0. The van der Waals surface area contributed by atoms with Gasteiger partial charge >= 0.3 is 11.9 Å². The summed E-state index contributed by atoms with van der Waals surface area (Å²) < 4.78 is 26.3. The third kappa shape index (κ3) is 7.77. The van der Waals surface area contributed by atoms with Crippen molar-refractivity contribution in [2.45, 2.75) is 25.7 Å². The molecule has 0 aliphatic rings. The quantitative estimate of drug-likeness (QED) is 0.215. The summed E-state index contributed by atoms with van der Waals surface area (Å²) in [6.07, 6.45) is 3.75. The van der Waals surface area contributed by atoms with Crippen molar-refractivity contribution in [2.24, 2.45) is 0 Å². The summed E-state index contributed by atoms with van der Waals surface area (Å²) in [5.41, 5.74) is 2.73. The van der Waals surface area contributed by atoms with E-state index < -0.39 is 11.9 Å². The SMILES string of the molecule is COC(=O)c1cc(OCCCCCCOc2ccc(-c3ccc(OC)cc3)cc2)cc(C(=O)OC)c1. The second-order valence-electron chi connectivity index (χ2n) is 8.09. The Morgan fingerprint density at radius 2 is 1.00 bits per heavy atom. The number of rotatable bonds is 13. The molecule has 0 fully saturated rings. The molecule has 7 nitrogen and oxygen atoms in total. The van der Waals surface area contributed by atoms with Crippen LogP contribution in [0.15, 0.2) is 66.7 Å². The van der Waals surface area contributed by atoms with E-state index in [9.17, 15) is 9.59 Å². The Hall–Kier alpha value is -4.00. The van der Waals surface area contributed by atoms with Gasteiger partial charge in [0, 0.05) is 0 Å². The van der Waals surface area contributed by atoms with Crippen LogP contribution >= 0.6 is 0 Å². The lowest BCUT2D eigenvalue weighted by Gasteiger charge is -2.10. The van der Waals surface area contributed by atoms with Crippen LogP contribution in [0.2, 0.25) is 0 Å². The average molecular weight is 493 g/mol. The van der Waals surface area contributed by atoms with Crippen LogP contribution in [0.4, 0.5) is 0 Å². The molecule has 0 unspecified atom stereocenters. The van der Waals surface area contributed by atoms with E-state index in [1.165, 1.54) is 20.3 Å². The average Bonchev–Trinajstić information content (AvgIpc) is 2.93. The maximum atomic E-state index is 11.9. The number of esters is 2. The van der Waals surface area contributed by atoms with Crippen LogP contribution in [-0.2, 0) is 9.47 Å². The van der Waals surface area contributed by atoms with E-state index in [4.69, 9.17) is 23.7 Å². The highest BCUT2D eigenvalue weighted by molar-refractivity contribution is 5.96. The smallest absolute Gasteiger partial charge is 0.338 e. The third-order valence-electron chi connectivity index (χ3n) is 5.60. The molecule has 0 saturated heterocycles. The number of unbranched alkanes of at least 4 members (excludes halogenated alkanes) is 3. The molecule has 0 aliphatic heterocycles. The summed E-state index contributed by atoms with van der Waals surface area (Å²) in [5.74, 6) is 1.04. The lowest BCUT2D eigenvalue weighted by Crippen LogP contribution is -2.08. The highest BCUT2D eigenvalue weighted by Gasteiger charge is 2.14. The van der Waals surface area contributed by atoms with E-state index in [2.05, 4.69) is 12.1 Å². The zero-order valence-corrected chi connectivity index (χ0v) is 21.0. The molecule has 0 bridgehead atoms. The number of carbonyl (C=O) groups is 2. The Balaban J connectivity index is 1.36. The van der Waals surface area contributed by atoms with Crippen molar-refractivity contribution in [3.8, 4) is 28.4 Å². The Kier molecular flexibility index (Phi) is 10.2. The summed E-state index contributed by atoms with van der Waals surface area (Å²) in [7, 11) is 4.23. The topological polar surface area (TPSA) is 80.3 Å². The number of hydrogen-bond donors (Lipinski definition) is 0. The molecule has 3 rings (SSSR count). The van der Waals surface area contributed by atoms with Gasteiger partial charge in [0.1, 0.15) is 17.2 Å². The van der Waals surface area contributed by atoms with Crippen molar-refractivity contribution in [1.82, 2.24) is 0 Å². The first kappa shape index (κ1) is 26.6. The number of ether oxygens (including phenoxy) is 5. The van der Waals surface area contributed by atoms with Crippen LogP contribution in [0.3, 0.4) is 0 Å². The standard InChI is InChI=1S/C29H32O7/c1-32-25-12-8-21(9-13-25)22-10-14-26(15-11-22)35-16-6-4-5-7-17-36-27-19-23(28(30)33-2)18-24(20-27)29(31)34-3/h8-15,18-20H,4-7,16-17H2,1-3H3. The predicted octanol–water partition coefficient (Wildman–Crippen LogP) is 5.95. The van der Waals surface area contributed by atoms with E-state index in [0.29, 0.717) is 19.0 Å². The number of hydrogen-bond acceptors (Lipinski definition) is 7. The van der Waals surface area contributed by atoms with E-state index in [-0.39, 0.29) is 11.1 Å². The molecule has 3 aromatic rings. The van der Waals surface area contributed by atoms with Gasteiger partial charge in [0.05, 0.1) is 45.7 Å². The molecule has 36 heavy (non-hydrogen) atoms. The second-order valence-corrected chi connectivity index (χ2v) is 8.09. The molecule has 7 heteroatoms. The summed E-state index contributed by atoms with van der Waals surface area (Å²) in [5, 5.41) is 0. The van der Waals surface area contributed by atoms with Crippen molar-refractivity contribution in [2.75, 3.05) is 34.5 Å². The van der Waals surface area contributed by atoms with E-state index in [0.717, 1.165) is 48.3 Å². The molecule has 0 amide bonds. The number of methoxy groups -OCH3 is 3. The number of benzene rings is 3. The largest absolute Gasteiger partial charge is 0.497 e. The molecule has 0 aliphatic carbocycles. The first-order valence-electron chi connectivity index (χ1n) is 11.9. The van der Waals surface area contributed by atoms with E-state index >= 15 is 0 Å². The van der Waals surface area contributed by atoms with Crippen molar-refractivity contribution < 1.29 is 33.3 Å².